The van der Waals surface area contributed by atoms with E-state index in [1.807, 2.05) is 6.92 Å². The SMILES string of the molecule is CC1SCc2c([O-])on[n+]21. The number of rotatable bonds is 0. The zero-order valence-electron chi connectivity index (χ0n) is 5.40. The van der Waals surface area contributed by atoms with E-state index in [1.54, 1.807) is 16.4 Å². The molecule has 0 aliphatic carbocycles. The minimum absolute atomic E-state index is 0.251. The van der Waals surface area contributed by atoms with Crippen LogP contribution >= 0.6 is 11.8 Å². The molecular formula is C5H6N2O2S. The highest BCUT2D eigenvalue weighted by Gasteiger charge is 2.31. The first-order valence-electron chi connectivity index (χ1n) is 2.98. The topological polar surface area (TPSA) is 53.0 Å². The zero-order chi connectivity index (χ0) is 7.14. The average molecular weight is 158 g/mol. The van der Waals surface area contributed by atoms with Crippen LogP contribution < -0.4 is 9.79 Å². The lowest BCUT2D eigenvalue weighted by Crippen LogP contribution is -2.36. The lowest BCUT2D eigenvalue weighted by Gasteiger charge is -1.87. The maximum absolute atomic E-state index is 10.8. The van der Waals surface area contributed by atoms with Crippen LogP contribution in [0.1, 0.15) is 18.0 Å². The zero-order valence-corrected chi connectivity index (χ0v) is 6.22. The molecule has 2 rings (SSSR count). The van der Waals surface area contributed by atoms with E-state index >= 15 is 0 Å². The van der Waals surface area contributed by atoms with Crippen molar-refractivity contribution in [2.75, 3.05) is 0 Å². The molecule has 4 nitrogen and oxygen atoms in total. The van der Waals surface area contributed by atoms with Gasteiger partial charge in [0.1, 0.15) is 0 Å². The van der Waals surface area contributed by atoms with Gasteiger partial charge >= 0.3 is 0 Å². The second-order valence-electron chi connectivity index (χ2n) is 2.16. The molecule has 0 bridgehead atoms. The van der Waals surface area contributed by atoms with E-state index in [0.29, 0.717) is 5.69 Å². The number of fused-ring (bicyclic) bond motifs is 1. The van der Waals surface area contributed by atoms with Crippen molar-refractivity contribution < 1.29 is 14.3 Å². The van der Waals surface area contributed by atoms with E-state index in [0.717, 1.165) is 5.75 Å². The molecule has 0 fully saturated rings. The van der Waals surface area contributed by atoms with Crippen LogP contribution in [-0.4, -0.2) is 5.27 Å². The largest absolute Gasteiger partial charge is 0.539 e. The summed E-state index contributed by atoms with van der Waals surface area (Å²) in [5.74, 6) is 0.431. The lowest BCUT2D eigenvalue weighted by molar-refractivity contribution is -0.763. The highest BCUT2D eigenvalue weighted by molar-refractivity contribution is 7.98. The molecule has 0 saturated carbocycles. The first-order valence-corrected chi connectivity index (χ1v) is 4.03. The van der Waals surface area contributed by atoms with Gasteiger partial charge in [-0.15, -0.1) is 0 Å². The van der Waals surface area contributed by atoms with Crippen molar-refractivity contribution in [3.63, 3.8) is 0 Å². The van der Waals surface area contributed by atoms with E-state index in [4.69, 9.17) is 0 Å². The fourth-order valence-corrected chi connectivity index (χ4v) is 1.91. The second-order valence-corrected chi connectivity index (χ2v) is 3.47. The Morgan fingerprint density at radius 1 is 1.90 bits per heavy atom. The molecule has 1 aliphatic rings. The van der Waals surface area contributed by atoms with E-state index < -0.39 is 0 Å². The molecule has 10 heavy (non-hydrogen) atoms. The van der Waals surface area contributed by atoms with E-state index in [1.165, 1.54) is 0 Å². The Labute approximate surface area is 61.8 Å². The Kier molecular flexibility index (Phi) is 1.14. The summed E-state index contributed by atoms with van der Waals surface area (Å²) in [6.07, 6.45) is 0. The summed E-state index contributed by atoms with van der Waals surface area (Å²) in [6.45, 7) is 1.99. The lowest BCUT2D eigenvalue weighted by atomic mass is 10.5. The summed E-state index contributed by atoms with van der Waals surface area (Å²) in [6, 6.07) is 0. The third-order valence-corrected chi connectivity index (χ3v) is 2.65. The molecule has 5 heteroatoms. The van der Waals surface area contributed by atoms with Gasteiger partial charge in [0, 0.05) is 6.92 Å². The summed E-state index contributed by atoms with van der Waals surface area (Å²) in [5, 5.41) is 14.6. The van der Waals surface area contributed by atoms with Crippen LogP contribution in [0.5, 0.6) is 5.95 Å². The van der Waals surface area contributed by atoms with Gasteiger partial charge in [-0.25, -0.2) is 0 Å². The summed E-state index contributed by atoms with van der Waals surface area (Å²) >= 11 is 1.69. The number of hydrogen-bond donors (Lipinski definition) is 0. The summed E-state index contributed by atoms with van der Waals surface area (Å²) in [7, 11) is 0. The molecule has 0 N–H and O–H groups in total. The molecule has 1 aromatic heterocycles. The van der Waals surface area contributed by atoms with E-state index in [9.17, 15) is 5.11 Å². The molecule has 2 heterocycles. The van der Waals surface area contributed by atoms with Gasteiger partial charge in [0.05, 0.1) is 11.0 Å². The van der Waals surface area contributed by atoms with Crippen LogP contribution in [0.2, 0.25) is 0 Å². The monoisotopic (exact) mass is 158 g/mol. The normalized spacial score (nSPS) is 23.1. The Balaban J connectivity index is 2.53. The number of nitrogens with zero attached hydrogens (tertiary/aromatic N) is 2. The molecule has 1 aliphatic heterocycles. The van der Waals surface area contributed by atoms with E-state index in [2.05, 4.69) is 9.79 Å². The molecule has 0 radical (unpaired) electrons. The molecule has 1 unspecified atom stereocenters. The van der Waals surface area contributed by atoms with E-state index in [-0.39, 0.29) is 11.3 Å². The quantitative estimate of drug-likeness (QED) is 0.491. The minimum Gasteiger partial charge on any atom is -0.539 e. The molecule has 0 amide bonds. The highest BCUT2D eigenvalue weighted by atomic mass is 32.2. The van der Waals surface area contributed by atoms with Crippen molar-refractivity contribution in [1.29, 1.82) is 0 Å². The summed E-state index contributed by atoms with van der Waals surface area (Å²) < 4.78 is 6.08. The average Bonchev–Trinajstić information content (AvgIpc) is 2.41. The van der Waals surface area contributed by atoms with Gasteiger partial charge in [0.2, 0.25) is 11.1 Å². The van der Waals surface area contributed by atoms with Gasteiger partial charge in [-0.1, -0.05) is 16.4 Å². The number of thioether (sulfide) groups is 1. The number of hydrogen-bond acceptors (Lipinski definition) is 4. The summed E-state index contributed by atoms with van der Waals surface area (Å²) in [4.78, 5) is 0. The summed E-state index contributed by atoms with van der Waals surface area (Å²) in [5.41, 5.74) is 0.678. The molecule has 1 atom stereocenters. The van der Waals surface area contributed by atoms with Gasteiger partial charge in [-0.2, -0.15) is 0 Å². The Morgan fingerprint density at radius 3 is 3.40 bits per heavy atom. The maximum atomic E-state index is 10.8. The van der Waals surface area contributed by atoms with Gasteiger partial charge in [-0.3, -0.25) is 0 Å². The third-order valence-electron chi connectivity index (χ3n) is 1.53. The van der Waals surface area contributed by atoms with Gasteiger partial charge in [-0.05, 0) is 0 Å². The van der Waals surface area contributed by atoms with Crippen LogP contribution in [0.3, 0.4) is 0 Å². The molecule has 0 spiro atoms. The molecule has 54 valence electrons. The van der Waals surface area contributed by atoms with Crippen LogP contribution in [-0.2, 0) is 5.75 Å². The fraction of sp³-hybridized carbons (Fsp3) is 0.600. The second kappa shape index (κ2) is 1.88. The minimum atomic E-state index is -0.295. The Hall–Kier alpha value is -0.710. The van der Waals surface area contributed by atoms with Crippen molar-refractivity contribution in [2.45, 2.75) is 18.1 Å². The van der Waals surface area contributed by atoms with Gasteiger partial charge in [0.15, 0.2) is 5.95 Å². The Bertz CT molecular complexity index is 260. The van der Waals surface area contributed by atoms with Crippen molar-refractivity contribution in [3.8, 4) is 5.95 Å². The van der Waals surface area contributed by atoms with Crippen molar-refractivity contribution in [3.05, 3.63) is 5.69 Å². The van der Waals surface area contributed by atoms with Crippen LogP contribution in [0, 0.1) is 0 Å². The van der Waals surface area contributed by atoms with Crippen molar-refractivity contribution in [1.82, 2.24) is 5.27 Å². The maximum Gasteiger partial charge on any atom is 0.244 e. The predicted octanol–water partition coefficient (Wildman–Crippen LogP) is -0.199. The molecule has 0 aromatic carbocycles. The third kappa shape index (κ3) is 0.636. The Morgan fingerprint density at radius 2 is 2.70 bits per heavy atom. The number of aromatic nitrogens is 2. The standard InChI is InChI=1S/C5H6N2O2S/c1-3-7-4(2-10-3)5(8)9-6-7/h3H,2H2,1H3. The van der Waals surface area contributed by atoms with Crippen molar-refractivity contribution in [2.24, 2.45) is 0 Å². The highest BCUT2D eigenvalue weighted by Crippen LogP contribution is 2.30. The first-order chi connectivity index (χ1) is 4.79. The first kappa shape index (κ1) is 6.03. The molecule has 1 aromatic rings. The predicted molar refractivity (Wildman–Crippen MR) is 32.1 cm³/mol. The molecular weight excluding hydrogens is 152 g/mol. The molecule has 0 saturated heterocycles. The van der Waals surface area contributed by atoms with Crippen molar-refractivity contribution >= 4 is 11.8 Å². The van der Waals surface area contributed by atoms with Crippen LogP contribution in [0.25, 0.3) is 0 Å². The van der Waals surface area contributed by atoms with Crippen LogP contribution in [0.15, 0.2) is 4.52 Å². The van der Waals surface area contributed by atoms with Crippen LogP contribution in [0.4, 0.5) is 0 Å². The smallest absolute Gasteiger partial charge is 0.244 e. The van der Waals surface area contributed by atoms with Gasteiger partial charge < -0.3 is 9.63 Å². The van der Waals surface area contributed by atoms with Gasteiger partial charge in [0.25, 0.3) is 0 Å². The fourth-order valence-electron chi connectivity index (χ4n) is 0.958.